The molecular weight excluding hydrogens is 460 g/mol. The maximum atomic E-state index is 5.74. The van der Waals surface area contributed by atoms with Crippen LogP contribution in [-0.2, 0) is 23.7 Å². The van der Waals surface area contributed by atoms with Gasteiger partial charge in [0.1, 0.15) is 18.5 Å². The maximum absolute atomic E-state index is 5.74. The molecule has 5 aliphatic heterocycles. The molecule has 0 bridgehead atoms. The number of aryl methyl sites for hydroxylation is 1. The molecule has 5 fully saturated rings. The molecule has 2 aromatic carbocycles. The van der Waals surface area contributed by atoms with E-state index in [1.807, 2.05) is 12.1 Å². The van der Waals surface area contributed by atoms with Crippen molar-refractivity contribution in [3.63, 3.8) is 0 Å². The van der Waals surface area contributed by atoms with Crippen molar-refractivity contribution in [1.29, 1.82) is 0 Å². The Hall–Kier alpha value is -2.36. The highest BCUT2D eigenvalue weighted by Gasteiger charge is 2.32. The zero-order valence-electron chi connectivity index (χ0n) is 20.9. The highest BCUT2D eigenvalue weighted by Crippen LogP contribution is 2.29. The van der Waals surface area contributed by atoms with Crippen molar-refractivity contribution >= 4 is 11.4 Å². The van der Waals surface area contributed by atoms with Crippen molar-refractivity contribution in [3.05, 3.63) is 54.1 Å². The summed E-state index contributed by atoms with van der Waals surface area (Å²) in [6, 6.07) is 16.8. The Balaban J connectivity index is 0.000000141. The molecule has 0 spiro atoms. The summed E-state index contributed by atoms with van der Waals surface area (Å²) in [5, 5.41) is 0. The van der Waals surface area contributed by atoms with Crippen LogP contribution in [0, 0.1) is 6.92 Å². The van der Waals surface area contributed by atoms with Gasteiger partial charge in [-0.3, -0.25) is 0 Å². The van der Waals surface area contributed by atoms with Crippen LogP contribution in [0.5, 0.6) is 5.75 Å². The van der Waals surface area contributed by atoms with E-state index in [9.17, 15) is 0 Å². The number of rotatable bonds is 13. The molecule has 0 saturated carbocycles. The van der Waals surface area contributed by atoms with E-state index in [0.717, 1.165) is 65.0 Å². The Bertz CT molecular complexity index is 959. The number of hydrogen-bond donors (Lipinski definition) is 0. The molecule has 0 aromatic heterocycles. The summed E-state index contributed by atoms with van der Waals surface area (Å²) >= 11 is 0. The maximum Gasteiger partial charge on any atom is 0.119 e. The van der Waals surface area contributed by atoms with Gasteiger partial charge in [-0.15, -0.1) is 0 Å². The van der Waals surface area contributed by atoms with Crippen molar-refractivity contribution in [2.24, 2.45) is 0 Å². The van der Waals surface area contributed by atoms with Crippen LogP contribution in [-0.4, -0.2) is 96.3 Å². The van der Waals surface area contributed by atoms with Crippen LogP contribution >= 0.6 is 0 Å². The Morgan fingerprint density at radius 3 is 1.64 bits per heavy atom. The lowest BCUT2D eigenvalue weighted by Crippen LogP contribution is -2.32. The van der Waals surface area contributed by atoms with Crippen LogP contribution < -0.4 is 14.5 Å². The first-order valence-electron chi connectivity index (χ1n) is 13.1. The molecule has 2 aromatic rings. The fourth-order valence-corrected chi connectivity index (χ4v) is 4.30. The van der Waals surface area contributed by atoms with E-state index in [1.165, 1.54) is 16.9 Å². The number of anilines is 2. The van der Waals surface area contributed by atoms with Crippen LogP contribution in [0.15, 0.2) is 48.5 Å². The molecule has 194 valence electrons. The minimum absolute atomic E-state index is 0.292. The molecule has 5 atom stereocenters. The second-order valence-corrected chi connectivity index (χ2v) is 10.2. The number of hydrogen-bond acceptors (Lipinski definition) is 8. The Morgan fingerprint density at radius 2 is 1.17 bits per heavy atom. The van der Waals surface area contributed by atoms with E-state index in [-0.39, 0.29) is 0 Å². The minimum atomic E-state index is 0.292. The van der Waals surface area contributed by atoms with Gasteiger partial charge in [-0.1, -0.05) is 18.2 Å². The number of epoxide rings is 5. The third-order valence-corrected chi connectivity index (χ3v) is 6.77. The van der Waals surface area contributed by atoms with Gasteiger partial charge in [0.25, 0.3) is 0 Å². The zero-order chi connectivity index (χ0) is 24.3. The minimum Gasteiger partial charge on any atom is -0.491 e. The quantitative estimate of drug-likeness (QED) is 0.392. The highest BCUT2D eigenvalue weighted by atomic mass is 16.6. The lowest BCUT2D eigenvalue weighted by atomic mass is 10.1. The van der Waals surface area contributed by atoms with Crippen molar-refractivity contribution in [2.75, 3.05) is 75.6 Å². The largest absolute Gasteiger partial charge is 0.491 e. The van der Waals surface area contributed by atoms with Crippen molar-refractivity contribution in [2.45, 2.75) is 37.4 Å². The molecule has 0 N–H and O–H groups in total. The fourth-order valence-electron chi connectivity index (χ4n) is 4.30. The Labute approximate surface area is 213 Å². The first-order valence-corrected chi connectivity index (χ1v) is 13.1. The lowest BCUT2D eigenvalue weighted by molar-refractivity contribution is 0.263. The van der Waals surface area contributed by atoms with Gasteiger partial charge < -0.3 is 38.2 Å². The Kier molecular flexibility index (Phi) is 7.30. The molecule has 5 aliphatic rings. The van der Waals surface area contributed by atoms with Crippen molar-refractivity contribution in [3.8, 4) is 5.75 Å². The average molecular weight is 497 g/mol. The second-order valence-electron chi connectivity index (χ2n) is 10.2. The molecule has 36 heavy (non-hydrogen) atoms. The van der Waals surface area contributed by atoms with E-state index in [4.69, 9.17) is 28.4 Å². The third-order valence-electron chi connectivity index (χ3n) is 6.77. The van der Waals surface area contributed by atoms with Crippen molar-refractivity contribution in [1.82, 2.24) is 0 Å². The van der Waals surface area contributed by atoms with Gasteiger partial charge >= 0.3 is 0 Å². The molecule has 8 nitrogen and oxygen atoms in total. The predicted molar refractivity (Wildman–Crippen MR) is 136 cm³/mol. The molecule has 5 heterocycles. The van der Waals surface area contributed by atoms with Gasteiger partial charge in [0.2, 0.25) is 0 Å². The van der Waals surface area contributed by atoms with Gasteiger partial charge in [-0.2, -0.15) is 0 Å². The van der Waals surface area contributed by atoms with Gasteiger partial charge in [-0.25, -0.2) is 0 Å². The van der Waals surface area contributed by atoms with E-state index >= 15 is 0 Å². The second kappa shape index (κ2) is 10.9. The summed E-state index contributed by atoms with van der Waals surface area (Å²) in [6.07, 6.45) is 1.92. The third kappa shape index (κ3) is 7.57. The van der Waals surface area contributed by atoms with E-state index < -0.39 is 0 Å². The Morgan fingerprint density at radius 1 is 0.667 bits per heavy atom. The topological polar surface area (TPSA) is 78.4 Å². The zero-order valence-corrected chi connectivity index (χ0v) is 20.9. The highest BCUT2D eigenvalue weighted by molar-refractivity contribution is 5.56. The summed E-state index contributed by atoms with van der Waals surface area (Å²) in [5.74, 6) is 0.914. The molecule has 8 heteroatoms. The normalized spacial score (nSPS) is 28.4. The first kappa shape index (κ1) is 24.0. The van der Waals surface area contributed by atoms with Crippen LogP contribution in [0.2, 0.25) is 0 Å². The smallest absolute Gasteiger partial charge is 0.119 e. The fraction of sp³-hybridized carbons (Fsp3) is 0.571. The molecule has 0 radical (unpaired) electrons. The van der Waals surface area contributed by atoms with Gasteiger partial charge in [0.05, 0.1) is 57.5 Å². The van der Waals surface area contributed by atoms with E-state index in [2.05, 4.69) is 53.1 Å². The SMILES string of the molecule is Cc1cc(OCC2CO2)ccc1N(CC1CO1)CC1CO1.c1ccc(N(CC2CO2)CC2CO2)cc1. The van der Waals surface area contributed by atoms with Gasteiger partial charge in [-0.05, 0) is 42.8 Å². The predicted octanol–water partition coefficient (Wildman–Crippen LogP) is 2.67. The van der Waals surface area contributed by atoms with Crippen LogP contribution in [0.3, 0.4) is 0 Å². The van der Waals surface area contributed by atoms with Gasteiger partial charge in [0.15, 0.2) is 0 Å². The summed E-state index contributed by atoms with van der Waals surface area (Å²) in [6.45, 7) is 11.0. The summed E-state index contributed by atoms with van der Waals surface area (Å²) in [5.41, 5.74) is 3.74. The number of ether oxygens (including phenoxy) is 6. The monoisotopic (exact) mass is 496 g/mol. The van der Waals surface area contributed by atoms with Crippen LogP contribution in [0.1, 0.15) is 5.56 Å². The van der Waals surface area contributed by atoms with E-state index in [0.29, 0.717) is 37.1 Å². The number of nitrogens with zero attached hydrogens (tertiary/aromatic N) is 2. The standard InChI is InChI=1S/C16H21NO4.C12H15NO2/c1-11-4-12(18-9-15-10-21-15)2-3-16(11)17(5-13-7-19-13)6-14-8-20-14;1-2-4-10(5-3-1)13(6-11-8-14-11)7-12-9-15-12/h2-4,13-15H,5-10H2,1H3;1-5,11-12H,6-9H2. The van der Waals surface area contributed by atoms with Crippen LogP contribution in [0.25, 0.3) is 0 Å². The first-order chi connectivity index (χ1) is 17.7. The molecular formula is C28H36N2O6. The molecule has 7 rings (SSSR count). The molecule has 5 saturated heterocycles. The van der Waals surface area contributed by atoms with E-state index in [1.54, 1.807) is 0 Å². The average Bonchev–Trinajstić information content (AvgIpc) is 3.70. The molecule has 0 amide bonds. The van der Waals surface area contributed by atoms with Crippen LogP contribution in [0.4, 0.5) is 11.4 Å². The summed E-state index contributed by atoms with van der Waals surface area (Å²) in [4.78, 5) is 4.73. The molecule has 0 aliphatic carbocycles. The number of para-hydroxylation sites is 1. The van der Waals surface area contributed by atoms with Gasteiger partial charge in [0, 0.05) is 37.6 Å². The molecule has 5 unspecified atom stereocenters. The summed E-state index contributed by atoms with van der Waals surface area (Å²) in [7, 11) is 0. The number of benzene rings is 2. The lowest BCUT2D eigenvalue weighted by Gasteiger charge is -2.25. The summed E-state index contributed by atoms with van der Waals surface area (Å²) < 4.78 is 32.2. The van der Waals surface area contributed by atoms with Crippen molar-refractivity contribution < 1.29 is 28.4 Å².